The number of nitrogens with zero attached hydrogens (tertiary/aromatic N) is 2. The van der Waals surface area contributed by atoms with Crippen LogP contribution >= 0.6 is 0 Å². The van der Waals surface area contributed by atoms with Crippen LogP contribution in [0.3, 0.4) is 0 Å². The monoisotopic (exact) mass is 463 g/mol. The number of allylic oxidation sites excluding steroid dienone is 2. The van der Waals surface area contributed by atoms with Crippen molar-refractivity contribution in [1.29, 1.82) is 5.26 Å². The number of dihydropyridines is 1. The van der Waals surface area contributed by atoms with E-state index in [9.17, 15) is 18.8 Å². The van der Waals surface area contributed by atoms with Gasteiger partial charge in [-0.05, 0) is 48.8 Å². The average Bonchev–Trinajstić information content (AvgIpc) is 2.75. The van der Waals surface area contributed by atoms with E-state index in [-0.39, 0.29) is 35.9 Å². The number of halogens is 2. The number of amidine groups is 1. The van der Waals surface area contributed by atoms with E-state index in [2.05, 4.69) is 32.2 Å². The molecule has 4 nitrogen and oxygen atoms in total. The average molecular weight is 464 g/mol. The van der Waals surface area contributed by atoms with Crippen molar-refractivity contribution in [2.75, 3.05) is 6.54 Å². The van der Waals surface area contributed by atoms with Gasteiger partial charge in [-0.1, -0.05) is 38.5 Å². The van der Waals surface area contributed by atoms with Crippen LogP contribution in [0.5, 0.6) is 0 Å². The Morgan fingerprint density at radius 3 is 2.56 bits per heavy atom. The lowest BCUT2D eigenvalue weighted by Crippen LogP contribution is -2.53. The Labute approximate surface area is 199 Å². The van der Waals surface area contributed by atoms with Gasteiger partial charge in [-0.3, -0.25) is 9.79 Å². The number of ketones is 1. The fraction of sp³-hybridized carbons (Fsp3) is 0.536. The minimum atomic E-state index is -2.64. The number of carbonyl (C=O) groups excluding carboxylic acids is 1. The maximum Gasteiger partial charge on any atom is 0.249 e. The first-order valence-corrected chi connectivity index (χ1v) is 12.2. The van der Waals surface area contributed by atoms with E-state index in [0.29, 0.717) is 36.4 Å². The van der Waals surface area contributed by atoms with Crippen molar-refractivity contribution in [3.8, 4) is 6.07 Å². The van der Waals surface area contributed by atoms with E-state index in [4.69, 9.17) is 4.99 Å². The second kappa shape index (κ2) is 7.60. The highest BCUT2D eigenvalue weighted by atomic mass is 19.3. The first-order valence-electron chi connectivity index (χ1n) is 12.2. The van der Waals surface area contributed by atoms with Gasteiger partial charge in [0.05, 0.1) is 17.0 Å². The first-order chi connectivity index (χ1) is 16.0. The molecule has 5 rings (SSSR count). The number of nitriles is 1. The predicted molar refractivity (Wildman–Crippen MR) is 127 cm³/mol. The van der Waals surface area contributed by atoms with Gasteiger partial charge in [-0.15, -0.1) is 0 Å². The molecule has 2 unspecified atom stereocenters. The Balaban J connectivity index is 1.81. The largest absolute Gasteiger partial charge is 0.343 e. The predicted octanol–water partition coefficient (Wildman–Crippen LogP) is 5.84. The van der Waals surface area contributed by atoms with E-state index in [1.807, 2.05) is 25.1 Å². The summed E-state index contributed by atoms with van der Waals surface area (Å²) in [5, 5.41) is 13.1. The molecule has 2 heterocycles. The molecule has 0 saturated heterocycles. The number of hydrogen-bond donors (Lipinski definition) is 1. The van der Waals surface area contributed by atoms with Crippen LogP contribution in [0.4, 0.5) is 8.78 Å². The summed E-state index contributed by atoms with van der Waals surface area (Å²) in [6, 6.07) is 9.61. The summed E-state index contributed by atoms with van der Waals surface area (Å²) in [5.41, 5.74) is 3.82. The highest BCUT2D eigenvalue weighted by Crippen LogP contribution is 2.56. The standard InChI is InChI=1S/C28H31F2N3O/c1-5-17-15-32-25-24(22(17)18-10-28(29,30)11-18)27(4,19-8-6-7-16(9-19)14-31)23-20(33-25)12-26(2,3)13-21(23)34/h6-9,17-18H,5,10-13,15H2,1-4H3,(H,32,33). The number of aliphatic imine (C=N–C) groups is 1. The molecular formula is C28H31F2N3O. The molecule has 1 N–H and O–H groups in total. The molecule has 2 atom stereocenters. The number of benzene rings is 1. The van der Waals surface area contributed by atoms with Crippen LogP contribution < -0.4 is 5.32 Å². The van der Waals surface area contributed by atoms with Crippen molar-refractivity contribution in [3.05, 3.63) is 57.8 Å². The van der Waals surface area contributed by atoms with Crippen molar-refractivity contribution in [2.24, 2.45) is 22.2 Å². The zero-order valence-electron chi connectivity index (χ0n) is 20.3. The maximum absolute atomic E-state index is 14.1. The Bertz CT molecular complexity index is 1210. The van der Waals surface area contributed by atoms with Crippen LogP contribution in [0.15, 0.2) is 51.7 Å². The molecule has 0 radical (unpaired) electrons. The molecule has 0 bridgehead atoms. The molecule has 1 saturated carbocycles. The summed E-state index contributed by atoms with van der Waals surface area (Å²) in [6.45, 7) is 8.86. The minimum Gasteiger partial charge on any atom is -0.343 e. The summed E-state index contributed by atoms with van der Waals surface area (Å²) in [6.07, 6.45) is 1.63. The summed E-state index contributed by atoms with van der Waals surface area (Å²) in [4.78, 5) is 18.6. The van der Waals surface area contributed by atoms with Crippen LogP contribution in [0.2, 0.25) is 0 Å². The highest BCUT2D eigenvalue weighted by molar-refractivity contribution is 6.12. The normalized spacial score (nSPS) is 30.0. The molecule has 4 aliphatic rings. The smallest absolute Gasteiger partial charge is 0.249 e. The third-order valence-corrected chi connectivity index (χ3v) is 8.17. The zero-order chi connectivity index (χ0) is 24.5. The van der Waals surface area contributed by atoms with Gasteiger partial charge in [0.2, 0.25) is 5.92 Å². The number of nitrogens with one attached hydrogen (secondary N) is 1. The van der Waals surface area contributed by atoms with E-state index in [1.165, 1.54) is 0 Å². The van der Waals surface area contributed by atoms with Crippen molar-refractivity contribution < 1.29 is 13.6 Å². The quantitative estimate of drug-likeness (QED) is 0.612. The van der Waals surface area contributed by atoms with Crippen LogP contribution in [0.25, 0.3) is 0 Å². The first kappa shape index (κ1) is 23.0. The number of Topliss-reactive ketones (excluding diaryl/α,β-unsaturated/α-hetero) is 1. The number of carbonyl (C=O) groups is 1. The Hall–Kier alpha value is -2.81. The van der Waals surface area contributed by atoms with Gasteiger partial charge in [0.15, 0.2) is 5.78 Å². The number of fused-ring (bicyclic) bond motifs is 1. The van der Waals surface area contributed by atoms with Crippen molar-refractivity contribution >= 4 is 11.6 Å². The molecule has 0 amide bonds. The molecule has 6 heteroatoms. The fourth-order valence-electron chi connectivity index (χ4n) is 6.58. The van der Waals surface area contributed by atoms with Gasteiger partial charge in [0, 0.05) is 48.6 Å². The molecule has 34 heavy (non-hydrogen) atoms. The number of alkyl halides is 2. The lowest BCUT2D eigenvalue weighted by atomic mass is 9.57. The fourth-order valence-corrected chi connectivity index (χ4v) is 6.58. The summed E-state index contributed by atoms with van der Waals surface area (Å²) >= 11 is 0. The van der Waals surface area contributed by atoms with E-state index >= 15 is 0 Å². The molecule has 178 valence electrons. The second-order valence-corrected chi connectivity index (χ2v) is 11.3. The molecule has 1 aromatic carbocycles. The van der Waals surface area contributed by atoms with Crippen LogP contribution in [0.1, 0.15) is 70.9 Å². The summed E-state index contributed by atoms with van der Waals surface area (Å²) in [5.74, 6) is -2.01. The molecule has 2 aliphatic heterocycles. The maximum atomic E-state index is 14.1. The molecule has 0 spiro atoms. The second-order valence-electron chi connectivity index (χ2n) is 11.3. The third kappa shape index (κ3) is 3.43. The van der Waals surface area contributed by atoms with Gasteiger partial charge < -0.3 is 5.32 Å². The third-order valence-electron chi connectivity index (χ3n) is 8.17. The molecule has 1 fully saturated rings. The van der Waals surface area contributed by atoms with Gasteiger partial charge in [-0.25, -0.2) is 8.78 Å². The van der Waals surface area contributed by atoms with Gasteiger partial charge in [0.25, 0.3) is 0 Å². The van der Waals surface area contributed by atoms with E-state index in [1.54, 1.807) is 6.07 Å². The Kier molecular flexibility index (Phi) is 5.13. The zero-order valence-corrected chi connectivity index (χ0v) is 20.3. The van der Waals surface area contributed by atoms with E-state index in [0.717, 1.165) is 28.8 Å². The Morgan fingerprint density at radius 2 is 1.91 bits per heavy atom. The minimum absolute atomic E-state index is 0.0670. The molecular weight excluding hydrogens is 432 g/mol. The van der Waals surface area contributed by atoms with Gasteiger partial charge >= 0.3 is 0 Å². The van der Waals surface area contributed by atoms with Gasteiger partial charge in [-0.2, -0.15) is 5.26 Å². The van der Waals surface area contributed by atoms with Crippen molar-refractivity contribution in [1.82, 2.24) is 5.32 Å². The number of rotatable bonds is 3. The van der Waals surface area contributed by atoms with E-state index < -0.39 is 11.3 Å². The topological polar surface area (TPSA) is 65.2 Å². The lowest BCUT2D eigenvalue weighted by Gasteiger charge is -2.50. The van der Waals surface area contributed by atoms with Gasteiger partial charge in [0.1, 0.15) is 5.84 Å². The lowest BCUT2D eigenvalue weighted by molar-refractivity contribution is -0.118. The van der Waals surface area contributed by atoms with Crippen molar-refractivity contribution in [2.45, 2.75) is 71.1 Å². The SMILES string of the molecule is CCC1CN=C2NC3=C(C(=O)CC(C)(C)C3)C(C)(c3cccc(C#N)c3)C2=C1C1CC(F)(F)C1. The highest BCUT2D eigenvalue weighted by Gasteiger charge is 2.55. The Morgan fingerprint density at radius 1 is 1.18 bits per heavy atom. The van der Waals surface area contributed by atoms with Crippen LogP contribution in [0, 0.1) is 28.6 Å². The summed E-state index contributed by atoms with van der Waals surface area (Å²) < 4.78 is 28.1. The molecule has 0 aromatic heterocycles. The number of hydrogen-bond acceptors (Lipinski definition) is 4. The van der Waals surface area contributed by atoms with Crippen molar-refractivity contribution in [3.63, 3.8) is 0 Å². The molecule has 1 aromatic rings. The summed E-state index contributed by atoms with van der Waals surface area (Å²) in [7, 11) is 0. The van der Waals surface area contributed by atoms with Crippen LogP contribution in [-0.2, 0) is 10.2 Å². The van der Waals surface area contributed by atoms with Crippen LogP contribution in [-0.4, -0.2) is 24.1 Å². The molecule has 2 aliphatic carbocycles.